The van der Waals surface area contributed by atoms with Gasteiger partial charge in [-0.25, -0.2) is 0 Å². The number of carbonyl (C=O) groups is 3. The van der Waals surface area contributed by atoms with Crippen LogP contribution in [0.25, 0.3) is 6.08 Å². The molecule has 0 unspecified atom stereocenters. The topological polar surface area (TPSA) is 78.5 Å². The Hall–Kier alpha value is -3.41. The van der Waals surface area contributed by atoms with Crippen molar-refractivity contribution < 1.29 is 14.4 Å². The second-order valence-electron chi connectivity index (χ2n) is 6.66. The summed E-state index contributed by atoms with van der Waals surface area (Å²) in [6, 6.07) is 15.9. The Labute approximate surface area is 164 Å². The first-order chi connectivity index (χ1) is 13.5. The molecule has 0 radical (unpaired) electrons. The molecular formula is C22H23N3O3. The number of nitrogens with one attached hydrogen (secondary N) is 2. The molecule has 2 N–H and O–H groups in total. The molecular weight excluding hydrogens is 354 g/mol. The molecule has 0 saturated carbocycles. The van der Waals surface area contributed by atoms with Gasteiger partial charge < -0.3 is 15.5 Å². The van der Waals surface area contributed by atoms with Crippen molar-refractivity contribution in [2.75, 3.05) is 16.8 Å². The average Bonchev–Trinajstić information content (AvgIpc) is 3.13. The quantitative estimate of drug-likeness (QED) is 0.760. The SMILES string of the molecule is C[C@H](NC(=O)/C=C/c1ccccc1)C(=O)Nc1cccc(N2CCCC2=O)c1. The second kappa shape index (κ2) is 8.99. The summed E-state index contributed by atoms with van der Waals surface area (Å²) in [5.74, 6) is -0.580. The third kappa shape index (κ3) is 5.07. The van der Waals surface area contributed by atoms with Crippen molar-refractivity contribution in [1.29, 1.82) is 0 Å². The normalized spacial score (nSPS) is 14.9. The maximum Gasteiger partial charge on any atom is 0.246 e. The lowest BCUT2D eigenvalue weighted by molar-refractivity contribution is -0.123. The molecule has 1 fully saturated rings. The lowest BCUT2D eigenvalue weighted by atomic mass is 10.2. The van der Waals surface area contributed by atoms with Crippen LogP contribution in [0.3, 0.4) is 0 Å². The highest BCUT2D eigenvalue weighted by Gasteiger charge is 2.22. The first-order valence-corrected chi connectivity index (χ1v) is 9.28. The fraction of sp³-hybridized carbons (Fsp3) is 0.227. The molecule has 28 heavy (non-hydrogen) atoms. The Kier molecular flexibility index (Phi) is 6.22. The van der Waals surface area contributed by atoms with Crippen LogP contribution in [0.2, 0.25) is 0 Å². The molecule has 0 bridgehead atoms. The van der Waals surface area contributed by atoms with E-state index in [1.165, 1.54) is 6.08 Å². The van der Waals surface area contributed by atoms with Crippen molar-refractivity contribution in [3.05, 3.63) is 66.2 Å². The molecule has 144 valence electrons. The minimum Gasteiger partial charge on any atom is -0.341 e. The summed E-state index contributed by atoms with van der Waals surface area (Å²) in [5, 5.41) is 5.43. The van der Waals surface area contributed by atoms with E-state index in [4.69, 9.17) is 0 Å². The smallest absolute Gasteiger partial charge is 0.246 e. The minimum absolute atomic E-state index is 0.0920. The Bertz CT molecular complexity index is 893. The van der Waals surface area contributed by atoms with E-state index in [-0.39, 0.29) is 17.7 Å². The number of benzene rings is 2. The zero-order valence-electron chi connectivity index (χ0n) is 15.7. The summed E-state index contributed by atoms with van der Waals surface area (Å²) >= 11 is 0. The van der Waals surface area contributed by atoms with E-state index in [0.29, 0.717) is 18.7 Å². The van der Waals surface area contributed by atoms with Gasteiger partial charge in [-0.1, -0.05) is 36.4 Å². The van der Waals surface area contributed by atoms with Crippen molar-refractivity contribution in [2.45, 2.75) is 25.8 Å². The molecule has 3 rings (SSSR count). The zero-order chi connectivity index (χ0) is 19.9. The molecule has 2 aromatic carbocycles. The van der Waals surface area contributed by atoms with Gasteiger partial charge in [0.2, 0.25) is 17.7 Å². The Morgan fingerprint density at radius 3 is 2.61 bits per heavy atom. The number of nitrogens with zero attached hydrogens (tertiary/aromatic N) is 1. The zero-order valence-corrected chi connectivity index (χ0v) is 15.7. The summed E-state index contributed by atoms with van der Waals surface area (Å²) in [6.07, 6.45) is 4.49. The van der Waals surface area contributed by atoms with Gasteiger partial charge in [-0.2, -0.15) is 0 Å². The van der Waals surface area contributed by atoms with Crippen LogP contribution in [0.15, 0.2) is 60.7 Å². The number of hydrogen-bond donors (Lipinski definition) is 2. The monoisotopic (exact) mass is 377 g/mol. The van der Waals surface area contributed by atoms with E-state index in [0.717, 1.165) is 17.7 Å². The molecule has 1 heterocycles. The van der Waals surface area contributed by atoms with E-state index < -0.39 is 6.04 Å². The van der Waals surface area contributed by atoms with Gasteiger partial charge in [0.25, 0.3) is 0 Å². The van der Waals surface area contributed by atoms with Crippen LogP contribution in [0.4, 0.5) is 11.4 Å². The Balaban J connectivity index is 1.56. The molecule has 1 saturated heterocycles. The van der Waals surface area contributed by atoms with Crippen molar-refractivity contribution in [3.8, 4) is 0 Å². The molecule has 0 aromatic heterocycles. The molecule has 1 aliphatic rings. The standard InChI is InChI=1S/C22H23N3O3/c1-16(23-20(26)13-12-17-7-3-2-4-8-17)22(28)24-18-9-5-10-19(15-18)25-14-6-11-21(25)27/h2-5,7-10,12-13,15-16H,6,11,14H2,1H3,(H,23,26)(H,24,28)/b13-12+/t16-/m0/s1. The van der Waals surface area contributed by atoms with E-state index in [2.05, 4.69) is 10.6 Å². The first kappa shape index (κ1) is 19.4. The number of hydrogen-bond acceptors (Lipinski definition) is 3. The first-order valence-electron chi connectivity index (χ1n) is 9.28. The Morgan fingerprint density at radius 2 is 1.89 bits per heavy atom. The van der Waals surface area contributed by atoms with Crippen LogP contribution in [-0.2, 0) is 14.4 Å². The maximum absolute atomic E-state index is 12.4. The average molecular weight is 377 g/mol. The highest BCUT2D eigenvalue weighted by molar-refractivity contribution is 6.01. The lowest BCUT2D eigenvalue weighted by Gasteiger charge is -2.18. The largest absolute Gasteiger partial charge is 0.341 e. The summed E-state index contributed by atoms with van der Waals surface area (Å²) < 4.78 is 0. The summed E-state index contributed by atoms with van der Waals surface area (Å²) in [5.41, 5.74) is 2.26. The second-order valence-corrected chi connectivity index (χ2v) is 6.66. The highest BCUT2D eigenvalue weighted by atomic mass is 16.2. The summed E-state index contributed by atoms with van der Waals surface area (Å²) in [7, 11) is 0. The van der Waals surface area contributed by atoms with Gasteiger partial charge in [0.15, 0.2) is 0 Å². The van der Waals surface area contributed by atoms with Gasteiger partial charge in [0.1, 0.15) is 6.04 Å². The lowest BCUT2D eigenvalue weighted by Crippen LogP contribution is -2.40. The molecule has 3 amide bonds. The number of amides is 3. The highest BCUT2D eigenvalue weighted by Crippen LogP contribution is 2.24. The van der Waals surface area contributed by atoms with Crippen molar-refractivity contribution in [3.63, 3.8) is 0 Å². The molecule has 1 aliphatic heterocycles. The molecule has 0 spiro atoms. The third-order valence-corrected chi connectivity index (χ3v) is 4.48. The van der Waals surface area contributed by atoms with Gasteiger partial charge in [-0.15, -0.1) is 0 Å². The number of carbonyl (C=O) groups excluding carboxylic acids is 3. The van der Waals surface area contributed by atoms with E-state index in [9.17, 15) is 14.4 Å². The van der Waals surface area contributed by atoms with Crippen molar-refractivity contribution in [1.82, 2.24) is 5.32 Å². The molecule has 1 atom stereocenters. The van der Waals surface area contributed by atoms with Crippen molar-refractivity contribution in [2.24, 2.45) is 0 Å². The van der Waals surface area contributed by atoms with Crippen LogP contribution < -0.4 is 15.5 Å². The van der Waals surface area contributed by atoms with Gasteiger partial charge >= 0.3 is 0 Å². The summed E-state index contributed by atoms with van der Waals surface area (Å²) in [6.45, 7) is 2.31. The summed E-state index contributed by atoms with van der Waals surface area (Å²) in [4.78, 5) is 38.0. The van der Waals surface area contributed by atoms with E-state index in [1.807, 2.05) is 36.4 Å². The van der Waals surface area contributed by atoms with Crippen LogP contribution in [-0.4, -0.2) is 30.3 Å². The molecule has 2 aromatic rings. The van der Waals surface area contributed by atoms with E-state index in [1.54, 1.807) is 36.1 Å². The molecule has 0 aliphatic carbocycles. The fourth-order valence-corrected chi connectivity index (χ4v) is 2.99. The predicted molar refractivity (Wildman–Crippen MR) is 110 cm³/mol. The van der Waals surface area contributed by atoms with Gasteiger partial charge in [0, 0.05) is 30.4 Å². The molecule has 6 nitrogen and oxygen atoms in total. The van der Waals surface area contributed by atoms with Crippen LogP contribution in [0.1, 0.15) is 25.3 Å². The van der Waals surface area contributed by atoms with Gasteiger partial charge in [0.05, 0.1) is 0 Å². The number of anilines is 2. The number of rotatable bonds is 6. The van der Waals surface area contributed by atoms with Crippen LogP contribution >= 0.6 is 0 Å². The molecule has 6 heteroatoms. The third-order valence-electron chi connectivity index (χ3n) is 4.48. The van der Waals surface area contributed by atoms with Crippen LogP contribution in [0.5, 0.6) is 0 Å². The Morgan fingerprint density at radius 1 is 1.11 bits per heavy atom. The van der Waals surface area contributed by atoms with E-state index >= 15 is 0 Å². The fourth-order valence-electron chi connectivity index (χ4n) is 2.99. The maximum atomic E-state index is 12.4. The minimum atomic E-state index is -0.704. The van der Waals surface area contributed by atoms with Gasteiger partial charge in [-0.05, 0) is 43.2 Å². The van der Waals surface area contributed by atoms with Crippen LogP contribution in [0, 0.1) is 0 Å². The van der Waals surface area contributed by atoms with Gasteiger partial charge in [-0.3, -0.25) is 14.4 Å². The van der Waals surface area contributed by atoms with Crippen molar-refractivity contribution >= 4 is 35.2 Å². The predicted octanol–water partition coefficient (Wildman–Crippen LogP) is 2.97.